The highest BCUT2D eigenvalue weighted by Crippen LogP contribution is 2.29. The monoisotopic (exact) mass is 561 g/mol. The van der Waals surface area contributed by atoms with Crippen LogP contribution in [0.4, 0.5) is 10.6 Å². The molecule has 3 heterocycles. The van der Waals surface area contributed by atoms with Crippen LogP contribution in [0.5, 0.6) is 0 Å². The van der Waals surface area contributed by atoms with Crippen LogP contribution < -0.4 is 16.0 Å². The molecule has 0 unspecified atom stereocenters. The van der Waals surface area contributed by atoms with Crippen LogP contribution in [0.2, 0.25) is 0 Å². The van der Waals surface area contributed by atoms with Gasteiger partial charge in [0.2, 0.25) is 0 Å². The zero-order valence-electron chi connectivity index (χ0n) is 23.3. The van der Waals surface area contributed by atoms with Crippen molar-refractivity contribution in [3.8, 4) is 11.3 Å². The maximum Gasteiger partial charge on any atom is 0.407 e. The number of hydrogen-bond donors (Lipinski definition) is 4. The number of fused-ring (bicyclic) bond motifs is 1. The Labute approximate surface area is 240 Å². The summed E-state index contributed by atoms with van der Waals surface area (Å²) in [6, 6.07) is 13.2. The van der Waals surface area contributed by atoms with E-state index in [9.17, 15) is 9.59 Å². The van der Waals surface area contributed by atoms with Crippen LogP contribution in [0, 0.1) is 11.8 Å². The quantitative estimate of drug-likeness (QED) is 0.290. The van der Waals surface area contributed by atoms with Gasteiger partial charge in [-0.3, -0.25) is 4.79 Å². The molecular weight excluding hydrogens is 522 g/mol. The van der Waals surface area contributed by atoms with Gasteiger partial charge in [0.15, 0.2) is 0 Å². The molecule has 10 heteroatoms. The van der Waals surface area contributed by atoms with E-state index in [0.717, 1.165) is 55.0 Å². The lowest BCUT2D eigenvalue weighted by Crippen LogP contribution is -2.37. The number of aliphatic hydroxyl groups excluding tert-OH is 1. The number of rotatable bonds is 10. The van der Waals surface area contributed by atoms with Crippen molar-refractivity contribution in [3.63, 3.8) is 0 Å². The van der Waals surface area contributed by atoms with Gasteiger partial charge in [0.25, 0.3) is 5.91 Å². The van der Waals surface area contributed by atoms with Crippen LogP contribution in [0.1, 0.15) is 48.9 Å². The lowest BCUT2D eigenvalue weighted by molar-refractivity contribution is 0.00123. The van der Waals surface area contributed by atoms with E-state index < -0.39 is 0 Å². The Balaban J connectivity index is 1.13. The highest BCUT2D eigenvalue weighted by Gasteiger charge is 2.24. The Morgan fingerprint density at radius 1 is 0.951 bits per heavy atom. The van der Waals surface area contributed by atoms with Crippen LogP contribution in [-0.2, 0) is 9.47 Å². The minimum absolute atomic E-state index is 0.0281. The fourth-order valence-electron chi connectivity index (χ4n) is 5.53. The molecule has 0 radical (unpaired) electrons. The first-order valence-corrected chi connectivity index (χ1v) is 14.6. The molecule has 41 heavy (non-hydrogen) atoms. The van der Waals surface area contributed by atoms with E-state index in [1.54, 1.807) is 6.20 Å². The highest BCUT2D eigenvalue weighted by atomic mass is 16.6. The molecule has 0 spiro atoms. The van der Waals surface area contributed by atoms with Gasteiger partial charge in [-0.1, -0.05) is 18.2 Å². The number of hydrogen-bond acceptors (Lipinski definition) is 8. The molecule has 1 saturated heterocycles. The van der Waals surface area contributed by atoms with Crippen molar-refractivity contribution in [2.75, 3.05) is 44.8 Å². The summed E-state index contributed by atoms with van der Waals surface area (Å²) >= 11 is 0. The predicted molar refractivity (Wildman–Crippen MR) is 157 cm³/mol. The van der Waals surface area contributed by atoms with E-state index in [4.69, 9.17) is 19.6 Å². The lowest BCUT2D eigenvalue weighted by atomic mass is 9.82. The van der Waals surface area contributed by atoms with Gasteiger partial charge in [-0.05, 0) is 61.8 Å². The van der Waals surface area contributed by atoms with E-state index in [2.05, 4.69) is 20.9 Å². The second kappa shape index (κ2) is 14.2. The zero-order valence-corrected chi connectivity index (χ0v) is 23.3. The van der Waals surface area contributed by atoms with Crippen molar-refractivity contribution >= 4 is 28.7 Å². The van der Waals surface area contributed by atoms with E-state index in [1.165, 1.54) is 0 Å². The normalized spacial score (nSPS) is 19.4. The minimum Gasteiger partial charge on any atom is -0.446 e. The Kier molecular flexibility index (Phi) is 9.98. The lowest BCUT2D eigenvalue weighted by Gasteiger charge is -2.29. The first-order valence-electron chi connectivity index (χ1n) is 14.6. The molecule has 1 aromatic carbocycles. The van der Waals surface area contributed by atoms with Gasteiger partial charge in [-0.15, -0.1) is 0 Å². The molecule has 2 fully saturated rings. The number of benzene rings is 1. The van der Waals surface area contributed by atoms with Crippen molar-refractivity contribution in [1.29, 1.82) is 0 Å². The van der Waals surface area contributed by atoms with Gasteiger partial charge < -0.3 is 30.5 Å². The second-order valence-electron chi connectivity index (χ2n) is 10.8. The summed E-state index contributed by atoms with van der Waals surface area (Å²) in [5, 5.41) is 19.0. The largest absolute Gasteiger partial charge is 0.446 e. The average Bonchev–Trinajstić information content (AvgIpc) is 3.02. The summed E-state index contributed by atoms with van der Waals surface area (Å²) in [5.41, 5.74) is 2.83. The number of nitrogens with one attached hydrogen (secondary N) is 3. The van der Waals surface area contributed by atoms with E-state index in [0.29, 0.717) is 61.8 Å². The van der Waals surface area contributed by atoms with Crippen LogP contribution in [0.3, 0.4) is 0 Å². The summed E-state index contributed by atoms with van der Waals surface area (Å²) in [5.74, 6) is 1.38. The molecule has 10 nitrogen and oxygen atoms in total. The minimum atomic E-state index is -0.333. The fraction of sp³-hybridized carbons (Fsp3) is 0.484. The number of carbonyl (C=O) groups excluding carboxylic acids is 2. The molecule has 2 aliphatic rings. The van der Waals surface area contributed by atoms with Crippen molar-refractivity contribution in [2.24, 2.45) is 11.8 Å². The van der Waals surface area contributed by atoms with E-state index in [1.807, 2.05) is 42.5 Å². The van der Waals surface area contributed by atoms with Crippen LogP contribution >= 0.6 is 0 Å². The summed E-state index contributed by atoms with van der Waals surface area (Å²) in [6.45, 7) is 2.99. The standard InChI is InChI=1S/C31H39N5O5/c37-14-13-32-29-10-9-23(20-33-29)28-17-26(25-3-1-2-4-27(25)36-28)30(38)34-18-21-5-7-22(8-6-21)19-35-31(39)41-24-11-15-40-16-12-24/h1-4,9-10,17,20-22,24,37H,5-8,11-16,18-19H2,(H,32,33)(H,34,38)(H,35,39)/t21-,22-. The molecule has 1 aliphatic carbocycles. The molecule has 218 valence electrons. The number of alkyl carbamates (subject to hydrolysis) is 1. The summed E-state index contributed by atoms with van der Waals surface area (Å²) in [7, 11) is 0. The van der Waals surface area contributed by atoms with Crippen molar-refractivity contribution in [3.05, 3.63) is 54.2 Å². The van der Waals surface area contributed by atoms with Gasteiger partial charge >= 0.3 is 6.09 Å². The number of anilines is 1. The molecular formula is C31H39N5O5. The molecule has 0 atom stereocenters. The number of para-hydroxylation sites is 1. The Bertz CT molecular complexity index is 1300. The Morgan fingerprint density at radius 3 is 2.39 bits per heavy atom. The second-order valence-corrected chi connectivity index (χ2v) is 10.8. The molecule has 2 amide bonds. The van der Waals surface area contributed by atoms with Crippen LogP contribution in [-0.4, -0.2) is 72.6 Å². The molecule has 5 rings (SSSR count). The van der Waals surface area contributed by atoms with Crippen molar-refractivity contribution < 1.29 is 24.2 Å². The highest BCUT2D eigenvalue weighted by molar-refractivity contribution is 6.07. The number of aromatic nitrogens is 2. The molecule has 1 saturated carbocycles. The summed E-state index contributed by atoms with van der Waals surface area (Å²) < 4.78 is 10.8. The molecule has 4 N–H and O–H groups in total. The Morgan fingerprint density at radius 2 is 1.68 bits per heavy atom. The molecule has 1 aliphatic heterocycles. The van der Waals surface area contributed by atoms with Crippen molar-refractivity contribution in [2.45, 2.75) is 44.6 Å². The van der Waals surface area contributed by atoms with Crippen LogP contribution in [0.25, 0.3) is 22.2 Å². The predicted octanol–water partition coefficient (Wildman–Crippen LogP) is 4.14. The maximum absolute atomic E-state index is 13.4. The fourth-order valence-corrected chi connectivity index (χ4v) is 5.53. The maximum atomic E-state index is 13.4. The van der Waals surface area contributed by atoms with Crippen LogP contribution in [0.15, 0.2) is 48.7 Å². The van der Waals surface area contributed by atoms with Gasteiger partial charge in [0, 0.05) is 49.6 Å². The number of ether oxygens (including phenoxy) is 2. The average molecular weight is 562 g/mol. The van der Waals surface area contributed by atoms with Gasteiger partial charge in [0.05, 0.1) is 36.6 Å². The first-order chi connectivity index (χ1) is 20.1. The topological polar surface area (TPSA) is 135 Å². The number of aliphatic hydroxyl groups is 1. The van der Waals surface area contributed by atoms with E-state index >= 15 is 0 Å². The summed E-state index contributed by atoms with van der Waals surface area (Å²) in [6.07, 6.45) is 6.89. The van der Waals surface area contributed by atoms with Gasteiger partial charge in [-0.25, -0.2) is 14.8 Å². The van der Waals surface area contributed by atoms with E-state index in [-0.39, 0.29) is 24.7 Å². The zero-order chi connectivity index (χ0) is 28.4. The smallest absolute Gasteiger partial charge is 0.407 e. The molecule has 0 bridgehead atoms. The third-order valence-corrected chi connectivity index (χ3v) is 7.93. The number of pyridine rings is 2. The van der Waals surface area contributed by atoms with Gasteiger partial charge in [-0.2, -0.15) is 0 Å². The van der Waals surface area contributed by atoms with Gasteiger partial charge in [0.1, 0.15) is 11.9 Å². The number of nitrogens with zero attached hydrogens (tertiary/aromatic N) is 2. The number of amides is 2. The SMILES string of the molecule is O=C(NC[C@H]1CC[C@H](CNC(=O)c2cc(-c3ccc(NCCO)nc3)nc3ccccc23)CC1)OC1CCOCC1. The third kappa shape index (κ3) is 7.92. The molecule has 3 aromatic rings. The third-order valence-electron chi connectivity index (χ3n) is 7.93. The van der Waals surface area contributed by atoms with Crippen molar-refractivity contribution in [1.82, 2.24) is 20.6 Å². The first kappa shape index (κ1) is 28.8. The number of carbonyl (C=O) groups is 2. The molecule has 2 aromatic heterocycles. The Hall–Kier alpha value is -3.76. The summed E-state index contributed by atoms with van der Waals surface area (Å²) in [4.78, 5) is 34.7.